The molecule has 0 bridgehead atoms. The molecule has 2 rings (SSSR count). The minimum atomic E-state index is 0.126. The van der Waals surface area contributed by atoms with E-state index in [-0.39, 0.29) is 6.61 Å². The monoisotopic (exact) mass is 298 g/mol. The Balaban J connectivity index is 2.06. The summed E-state index contributed by atoms with van der Waals surface area (Å²) in [7, 11) is 0. The van der Waals surface area contributed by atoms with Gasteiger partial charge in [-0.15, -0.1) is 4.91 Å². The number of benzene rings is 2. The van der Waals surface area contributed by atoms with Crippen molar-refractivity contribution in [2.75, 3.05) is 24.6 Å². The molecule has 0 saturated carbocycles. The molecule has 0 saturated heterocycles. The topological polar surface area (TPSA) is 77.6 Å². The molecule has 114 valence electrons. The summed E-state index contributed by atoms with van der Waals surface area (Å²) in [4.78, 5) is 12.4. The Labute approximate surface area is 129 Å². The van der Waals surface area contributed by atoms with Crippen LogP contribution in [0.2, 0.25) is 0 Å². The van der Waals surface area contributed by atoms with Gasteiger partial charge in [0, 0.05) is 18.8 Å². The van der Waals surface area contributed by atoms with Crippen molar-refractivity contribution in [2.45, 2.75) is 6.92 Å². The van der Waals surface area contributed by atoms with Crippen molar-refractivity contribution in [1.29, 1.82) is 0 Å². The third-order valence-corrected chi connectivity index (χ3v) is 3.20. The molecule has 0 aliphatic heterocycles. The van der Waals surface area contributed by atoms with Gasteiger partial charge >= 0.3 is 0 Å². The normalized spacial score (nSPS) is 10.8. The van der Waals surface area contributed by atoms with Gasteiger partial charge in [-0.3, -0.25) is 0 Å². The molecular formula is C16H18N4O2. The Morgan fingerprint density at radius 2 is 1.41 bits per heavy atom. The first-order valence-corrected chi connectivity index (χ1v) is 7.08. The van der Waals surface area contributed by atoms with Crippen LogP contribution in [-0.4, -0.2) is 24.8 Å². The number of nitroso groups, excluding NO2 is 1. The lowest BCUT2D eigenvalue weighted by Crippen LogP contribution is -2.25. The smallest absolute Gasteiger partial charge is 0.108 e. The molecule has 0 spiro atoms. The predicted molar refractivity (Wildman–Crippen MR) is 87.5 cm³/mol. The maximum atomic E-state index is 10.3. The number of aliphatic hydroxyl groups is 1. The zero-order chi connectivity index (χ0) is 15.8. The molecule has 0 amide bonds. The van der Waals surface area contributed by atoms with Crippen LogP contribution in [0.25, 0.3) is 0 Å². The number of azo groups is 1. The Morgan fingerprint density at radius 3 is 1.86 bits per heavy atom. The van der Waals surface area contributed by atoms with E-state index in [4.69, 9.17) is 5.11 Å². The lowest BCUT2D eigenvalue weighted by Gasteiger charge is -2.21. The van der Waals surface area contributed by atoms with Crippen molar-refractivity contribution in [3.63, 3.8) is 0 Å². The van der Waals surface area contributed by atoms with Crippen LogP contribution in [0.3, 0.4) is 0 Å². The van der Waals surface area contributed by atoms with Crippen LogP contribution < -0.4 is 4.90 Å². The summed E-state index contributed by atoms with van der Waals surface area (Å²) < 4.78 is 0. The van der Waals surface area contributed by atoms with E-state index in [0.29, 0.717) is 17.9 Å². The van der Waals surface area contributed by atoms with Gasteiger partial charge in [-0.1, -0.05) is 0 Å². The largest absolute Gasteiger partial charge is 0.395 e. The molecule has 0 atom stereocenters. The molecular weight excluding hydrogens is 280 g/mol. The van der Waals surface area contributed by atoms with Crippen molar-refractivity contribution in [1.82, 2.24) is 0 Å². The van der Waals surface area contributed by atoms with E-state index in [2.05, 4.69) is 20.3 Å². The van der Waals surface area contributed by atoms with E-state index in [0.717, 1.165) is 17.9 Å². The summed E-state index contributed by atoms with van der Waals surface area (Å²) in [6, 6.07) is 14.2. The van der Waals surface area contributed by atoms with Crippen molar-refractivity contribution >= 4 is 22.7 Å². The number of anilines is 1. The molecule has 1 N–H and O–H groups in total. The van der Waals surface area contributed by atoms with E-state index in [9.17, 15) is 4.91 Å². The van der Waals surface area contributed by atoms with Crippen LogP contribution in [0.4, 0.5) is 22.7 Å². The number of aliphatic hydroxyl groups excluding tert-OH is 1. The standard InChI is InChI=1S/C16H18N4O2/c1-2-20(11-12-21)16-9-7-14(8-10-16)18-17-13-3-5-15(19-22)6-4-13/h3-10,21H,2,11-12H2,1H3/b18-17+. The first-order chi connectivity index (χ1) is 10.8. The van der Waals surface area contributed by atoms with Crippen molar-refractivity contribution < 1.29 is 5.11 Å². The average molecular weight is 298 g/mol. The first kappa shape index (κ1) is 15.8. The zero-order valence-corrected chi connectivity index (χ0v) is 12.4. The molecule has 0 aliphatic rings. The second-order valence-electron chi connectivity index (χ2n) is 4.63. The van der Waals surface area contributed by atoms with Gasteiger partial charge in [0.15, 0.2) is 0 Å². The Bertz CT molecular complexity index is 624. The maximum absolute atomic E-state index is 10.3. The third kappa shape index (κ3) is 4.20. The van der Waals surface area contributed by atoms with Crippen molar-refractivity contribution in [3.8, 4) is 0 Å². The van der Waals surface area contributed by atoms with E-state index in [1.807, 2.05) is 31.2 Å². The molecule has 0 unspecified atom stereocenters. The van der Waals surface area contributed by atoms with Crippen LogP contribution in [0.5, 0.6) is 0 Å². The summed E-state index contributed by atoms with van der Waals surface area (Å²) in [5.41, 5.74) is 2.80. The van der Waals surface area contributed by atoms with E-state index in [1.54, 1.807) is 24.3 Å². The predicted octanol–water partition coefficient (Wildman–Crippen LogP) is 4.32. The molecule has 0 aromatic heterocycles. The van der Waals surface area contributed by atoms with Crippen LogP contribution in [0, 0.1) is 4.91 Å². The molecule has 2 aromatic rings. The first-order valence-electron chi connectivity index (χ1n) is 7.08. The summed E-state index contributed by atoms with van der Waals surface area (Å²) in [6.07, 6.45) is 0. The van der Waals surface area contributed by atoms with Crippen LogP contribution in [0.1, 0.15) is 6.92 Å². The van der Waals surface area contributed by atoms with Gasteiger partial charge < -0.3 is 10.0 Å². The molecule has 0 fully saturated rings. The summed E-state index contributed by atoms with van der Waals surface area (Å²) in [5, 5.41) is 20.1. The van der Waals surface area contributed by atoms with Gasteiger partial charge in [-0.05, 0) is 60.6 Å². The Kier molecular flexibility index (Phi) is 5.73. The molecule has 0 radical (unpaired) electrons. The quantitative estimate of drug-likeness (QED) is 0.611. The van der Waals surface area contributed by atoms with Gasteiger partial charge in [0.25, 0.3) is 0 Å². The number of hydrogen-bond acceptors (Lipinski definition) is 6. The maximum Gasteiger partial charge on any atom is 0.108 e. The highest BCUT2D eigenvalue weighted by atomic mass is 16.3. The SMILES string of the molecule is CCN(CCO)c1ccc(/N=N/c2ccc(N=O)cc2)cc1. The highest BCUT2D eigenvalue weighted by molar-refractivity contribution is 5.53. The number of hydrogen-bond donors (Lipinski definition) is 1. The van der Waals surface area contributed by atoms with Crippen LogP contribution >= 0.6 is 0 Å². The minimum absolute atomic E-state index is 0.126. The fourth-order valence-corrected chi connectivity index (χ4v) is 2.02. The Morgan fingerprint density at radius 1 is 0.909 bits per heavy atom. The summed E-state index contributed by atoms with van der Waals surface area (Å²) in [5.74, 6) is 0. The minimum Gasteiger partial charge on any atom is -0.395 e. The van der Waals surface area contributed by atoms with Gasteiger partial charge in [0.1, 0.15) is 5.69 Å². The number of likely N-dealkylation sites (N-methyl/N-ethyl adjacent to an activating group) is 1. The van der Waals surface area contributed by atoms with Gasteiger partial charge in [-0.2, -0.15) is 10.2 Å². The molecule has 22 heavy (non-hydrogen) atoms. The Hall–Kier alpha value is -2.60. The van der Waals surface area contributed by atoms with E-state index < -0.39 is 0 Å². The molecule has 2 aromatic carbocycles. The fraction of sp³-hybridized carbons (Fsp3) is 0.250. The van der Waals surface area contributed by atoms with Crippen LogP contribution in [0.15, 0.2) is 63.9 Å². The van der Waals surface area contributed by atoms with Crippen molar-refractivity contribution in [3.05, 3.63) is 53.4 Å². The van der Waals surface area contributed by atoms with Crippen LogP contribution in [-0.2, 0) is 0 Å². The molecule has 6 heteroatoms. The summed E-state index contributed by atoms with van der Waals surface area (Å²) in [6.45, 7) is 3.61. The summed E-state index contributed by atoms with van der Waals surface area (Å²) >= 11 is 0. The molecule has 0 aliphatic carbocycles. The second kappa shape index (κ2) is 7.99. The average Bonchev–Trinajstić information content (AvgIpc) is 2.59. The highest BCUT2D eigenvalue weighted by Crippen LogP contribution is 2.23. The fourth-order valence-electron chi connectivity index (χ4n) is 2.02. The number of nitrogens with zero attached hydrogens (tertiary/aromatic N) is 4. The highest BCUT2D eigenvalue weighted by Gasteiger charge is 2.02. The number of rotatable bonds is 7. The third-order valence-electron chi connectivity index (χ3n) is 3.20. The molecule has 0 heterocycles. The van der Waals surface area contributed by atoms with Gasteiger partial charge in [-0.25, -0.2) is 0 Å². The van der Waals surface area contributed by atoms with Gasteiger partial charge in [0.2, 0.25) is 0 Å². The lowest BCUT2D eigenvalue weighted by molar-refractivity contribution is 0.302. The van der Waals surface area contributed by atoms with Gasteiger partial charge in [0.05, 0.1) is 18.0 Å². The lowest BCUT2D eigenvalue weighted by atomic mass is 10.2. The van der Waals surface area contributed by atoms with Crippen molar-refractivity contribution in [2.24, 2.45) is 15.4 Å². The van der Waals surface area contributed by atoms with E-state index >= 15 is 0 Å². The van der Waals surface area contributed by atoms with E-state index in [1.165, 1.54) is 0 Å². The zero-order valence-electron chi connectivity index (χ0n) is 12.4. The molecule has 6 nitrogen and oxygen atoms in total. The second-order valence-corrected chi connectivity index (χ2v) is 4.63.